The van der Waals surface area contributed by atoms with Gasteiger partial charge in [0.15, 0.2) is 0 Å². The van der Waals surface area contributed by atoms with Crippen LogP contribution >= 0.6 is 0 Å². The predicted octanol–water partition coefficient (Wildman–Crippen LogP) is 2.53. The second kappa shape index (κ2) is 6.76. The van der Waals surface area contributed by atoms with Gasteiger partial charge in [-0.1, -0.05) is 25.7 Å². The van der Waals surface area contributed by atoms with Crippen LogP contribution in [0, 0.1) is 5.92 Å². The highest BCUT2D eigenvalue weighted by Crippen LogP contribution is 2.30. The Kier molecular flexibility index (Phi) is 5.00. The molecule has 2 saturated carbocycles. The first kappa shape index (κ1) is 14.8. The molecule has 116 valence electrons. The van der Waals surface area contributed by atoms with Gasteiger partial charge in [-0.2, -0.15) is 0 Å². The molecule has 0 spiro atoms. The molecule has 3 atom stereocenters. The number of likely N-dealkylation sites (tertiary alicyclic amines) is 1. The summed E-state index contributed by atoms with van der Waals surface area (Å²) in [6, 6.07) is 2.15. The number of aliphatic hydroxyl groups excluding tert-OH is 1. The van der Waals surface area contributed by atoms with Gasteiger partial charge in [0.1, 0.15) is 0 Å². The van der Waals surface area contributed by atoms with Crippen LogP contribution in [0.1, 0.15) is 64.7 Å². The lowest BCUT2D eigenvalue weighted by Crippen LogP contribution is -2.55. The van der Waals surface area contributed by atoms with Crippen molar-refractivity contribution in [1.29, 1.82) is 0 Å². The van der Waals surface area contributed by atoms with Gasteiger partial charge in [-0.15, -0.1) is 0 Å². The van der Waals surface area contributed by atoms with Crippen molar-refractivity contribution in [2.75, 3.05) is 13.1 Å². The molecule has 1 saturated heterocycles. The standard InChI is InChI=1S/C17H32N2O/c1-13(20)14-10-16(18-15-6-2-3-7-15)12-19(11-14)17-8-4-5-9-17/h13-18,20H,2-12H2,1H3. The van der Waals surface area contributed by atoms with Gasteiger partial charge < -0.3 is 10.4 Å². The second-order valence-corrected chi connectivity index (χ2v) is 7.47. The number of aliphatic hydroxyl groups is 1. The Balaban J connectivity index is 1.59. The van der Waals surface area contributed by atoms with Crippen molar-refractivity contribution in [1.82, 2.24) is 10.2 Å². The normalized spacial score (nSPS) is 35.7. The van der Waals surface area contributed by atoms with E-state index in [0.717, 1.165) is 25.0 Å². The first-order valence-corrected chi connectivity index (χ1v) is 8.90. The van der Waals surface area contributed by atoms with Crippen LogP contribution in [-0.4, -0.2) is 47.3 Å². The number of piperidine rings is 1. The van der Waals surface area contributed by atoms with Crippen LogP contribution in [0.5, 0.6) is 0 Å². The summed E-state index contributed by atoms with van der Waals surface area (Å²) in [4.78, 5) is 2.69. The minimum absolute atomic E-state index is 0.160. The van der Waals surface area contributed by atoms with Gasteiger partial charge in [-0.3, -0.25) is 4.90 Å². The fraction of sp³-hybridized carbons (Fsp3) is 1.00. The van der Waals surface area contributed by atoms with E-state index in [1.54, 1.807) is 0 Å². The molecule has 0 bridgehead atoms. The van der Waals surface area contributed by atoms with E-state index >= 15 is 0 Å². The third-order valence-corrected chi connectivity index (χ3v) is 5.86. The zero-order chi connectivity index (χ0) is 13.9. The van der Waals surface area contributed by atoms with Crippen molar-refractivity contribution in [3.05, 3.63) is 0 Å². The Hall–Kier alpha value is -0.120. The maximum atomic E-state index is 10.1. The third kappa shape index (κ3) is 3.55. The van der Waals surface area contributed by atoms with Crippen molar-refractivity contribution in [2.24, 2.45) is 5.92 Å². The summed E-state index contributed by atoms with van der Waals surface area (Å²) in [5.41, 5.74) is 0. The summed E-state index contributed by atoms with van der Waals surface area (Å²) in [7, 11) is 0. The van der Waals surface area contributed by atoms with Crippen molar-refractivity contribution in [2.45, 2.75) is 88.9 Å². The number of hydrogen-bond acceptors (Lipinski definition) is 3. The van der Waals surface area contributed by atoms with E-state index in [2.05, 4.69) is 10.2 Å². The van der Waals surface area contributed by atoms with Crippen molar-refractivity contribution >= 4 is 0 Å². The maximum Gasteiger partial charge on any atom is 0.0553 e. The van der Waals surface area contributed by atoms with Crippen molar-refractivity contribution in [3.63, 3.8) is 0 Å². The van der Waals surface area contributed by atoms with E-state index in [0.29, 0.717) is 12.0 Å². The molecule has 2 aliphatic carbocycles. The Labute approximate surface area is 124 Å². The predicted molar refractivity (Wildman–Crippen MR) is 82.8 cm³/mol. The van der Waals surface area contributed by atoms with E-state index in [4.69, 9.17) is 0 Å². The van der Waals surface area contributed by atoms with Crippen LogP contribution in [-0.2, 0) is 0 Å². The van der Waals surface area contributed by atoms with Crippen molar-refractivity contribution in [3.8, 4) is 0 Å². The molecule has 0 amide bonds. The molecule has 0 radical (unpaired) electrons. The largest absolute Gasteiger partial charge is 0.393 e. The molecule has 3 nitrogen and oxygen atoms in total. The van der Waals surface area contributed by atoms with Crippen LogP contribution in [0.2, 0.25) is 0 Å². The topological polar surface area (TPSA) is 35.5 Å². The molecule has 0 aromatic rings. The van der Waals surface area contributed by atoms with Gasteiger partial charge >= 0.3 is 0 Å². The monoisotopic (exact) mass is 280 g/mol. The van der Waals surface area contributed by atoms with Gasteiger partial charge in [-0.25, -0.2) is 0 Å². The molecule has 1 aliphatic heterocycles. The molecule has 2 N–H and O–H groups in total. The van der Waals surface area contributed by atoms with E-state index in [1.807, 2.05) is 6.92 Å². The van der Waals surface area contributed by atoms with Gasteiger partial charge in [-0.05, 0) is 44.9 Å². The molecule has 20 heavy (non-hydrogen) atoms. The number of nitrogens with one attached hydrogen (secondary N) is 1. The van der Waals surface area contributed by atoms with E-state index < -0.39 is 0 Å². The Morgan fingerprint density at radius 3 is 2.25 bits per heavy atom. The fourth-order valence-electron chi connectivity index (χ4n) is 4.64. The SMILES string of the molecule is CC(O)C1CC(NC2CCCC2)CN(C2CCCC2)C1. The lowest BCUT2D eigenvalue weighted by molar-refractivity contribution is 0.0280. The van der Waals surface area contributed by atoms with Crippen LogP contribution < -0.4 is 5.32 Å². The highest BCUT2D eigenvalue weighted by molar-refractivity contribution is 4.92. The van der Waals surface area contributed by atoms with E-state index in [9.17, 15) is 5.11 Å². The molecule has 0 aromatic heterocycles. The zero-order valence-electron chi connectivity index (χ0n) is 13.1. The molecule has 3 heteroatoms. The van der Waals surface area contributed by atoms with Gasteiger partial charge in [0.25, 0.3) is 0 Å². The molecule has 3 fully saturated rings. The van der Waals surface area contributed by atoms with E-state index in [1.165, 1.54) is 57.9 Å². The Morgan fingerprint density at radius 1 is 0.950 bits per heavy atom. The van der Waals surface area contributed by atoms with Crippen LogP contribution in [0.15, 0.2) is 0 Å². The molecule has 3 unspecified atom stereocenters. The lowest BCUT2D eigenvalue weighted by Gasteiger charge is -2.43. The molecular formula is C17H32N2O. The highest BCUT2D eigenvalue weighted by atomic mass is 16.3. The summed E-state index contributed by atoms with van der Waals surface area (Å²) < 4.78 is 0. The van der Waals surface area contributed by atoms with Gasteiger partial charge in [0.05, 0.1) is 6.10 Å². The summed E-state index contributed by atoms with van der Waals surface area (Å²) >= 11 is 0. The average molecular weight is 280 g/mol. The number of rotatable bonds is 4. The first-order valence-electron chi connectivity index (χ1n) is 8.90. The second-order valence-electron chi connectivity index (χ2n) is 7.47. The van der Waals surface area contributed by atoms with Gasteiger partial charge in [0, 0.05) is 31.2 Å². The molecular weight excluding hydrogens is 248 g/mol. The molecule has 3 aliphatic rings. The number of nitrogens with zero attached hydrogens (tertiary/aromatic N) is 1. The number of hydrogen-bond donors (Lipinski definition) is 2. The minimum Gasteiger partial charge on any atom is -0.393 e. The Bertz CT molecular complexity index is 293. The maximum absolute atomic E-state index is 10.1. The van der Waals surface area contributed by atoms with Gasteiger partial charge in [0.2, 0.25) is 0 Å². The van der Waals surface area contributed by atoms with Crippen LogP contribution in [0.4, 0.5) is 0 Å². The smallest absolute Gasteiger partial charge is 0.0553 e. The summed E-state index contributed by atoms with van der Waals surface area (Å²) in [5, 5.41) is 14.0. The summed E-state index contributed by atoms with van der Waals surface area (Å²) in [5.74, 6) is 0.461. The minimum atomic E-state index is -0.160. The fourth-order valence-corrected chi connectivity index (χ4v) is 4.64. The van der Waals surface area contributed by atoms with Crippen molar-refractivity contribution < 1.29 is 5.11 Å². The van der Waals surface area contributed by atoms with Crippen LogP contribution in [0.25, 0.3) is 0 Å². The molecule has 1 heterocycles. The summed E-state index contributed by atoms with van der Waals surface area (Å²) in [6.45, 7) is 4.31. The lowest BCUT2D eigenvalue weighted by atomic mass is 9.88. The molecule has 0 aromatic carbocycles. The Morgan fingerprint density at radius 2 is 1.60 bits per heavy atom. The zero-order valence-corrected chi connectivity index (χ0v) is 13.1. The quantitative estimate of drug-likeness (QED) is 0.830. The van der Waals surface area contributed by atoms with E-state index in [-0.39, 0.29) is 6.10 Å². The average Bonchev–Trinajstić information content (AvgIpc) is 3.11. The van der Waals surface area contributed by atoms with Crippen LogP contribution in [0.3, 0.4) is 0 Å². The first-order chi connectivity index (χ1) is 9.72. The molecule has 3 rings (SSSR count). The third-order valence-electron chi connectivity index (χ3n) is 5.86. The highest BCUT2D eigenvalue weighted by Gasteiger charge is 2.35. The summed E-state index contributed by atoms with van der Waals surface area (Å²) in [6.07, 6.45) is 12.1.